The second-order valence-electron chi connectivity index (χ2n) is 6.79. The van der Waals surface area contributed by atoms with E-state index >= 15 is 0 Å². The van der Waals surface area contributed by atoms with Crippen molar-refractivity contribution in [2.24, 2.45) is 26.5 Å². The molecule has 0 aromatic heterocycles. The molecule has 0 radical (unpaired) electrons. The molecule has 2 bridgehead atoms. The second kappa shape index (κ2) is 6.47. The Hall–Kier alpha value is -2.02. The van der Waals surface area contributed by atoms with Gasteiger partial charge in [0.05, 0.1) is 17.0 Å². The molecule has 1 heterocycles. The van der Waals surface area contributed by atoms with Crippen LogP contribution in [0.2, 0.25) is 0 Å². The lowest BCUT2D eigenvalue weighted by Gasteiger charge is -2.20. The smallest absolute Gasteiger partial charge is 0.306 e. The molecule has 1 aromatic rings. The van der Waals surface area contributed by atoms with E-state index in [1.165, 1.54) is 19.3 Å². The highest BCUT2D eigenvalue weighted by atomic mass is 32.1. The number of amides is 1. The Kier molecular flexibility index (Phi) is 4.18. The summed E-state index contributed by atoms with van der Waals surface area (Å²) in [5.74, 6) is 1.33. The molecule has 1 aromatic carbocycles. The molecule has 7 heteroatoms. The van der Waals surface area contributed by atoms with Gasteiger partial charge in [-0.1, -0.05) is 12.5 Å². The average Bonchev–Trinajstić information content (AvgIpc) is 3.29. The lowest BCUT2D eigenvalue weighted by atomic mass is 9.86. The molecule has 0 unspecified atom stereocenters. The number of ether oxygens (including phenoxy) is 1. The first-order valence-corrected chi connectivity index (χ1v) is 9.09. The van der Waals surface area contributed by atoms with Crippen LogP contribution in [0, 0.1) is 17.8 Å². The minimum absolute atomic E-state index is 0.256. The van der Waals surface area contributed by atoms with Crippen LogP contribution in [0.25, 0.3) is 0 Å². The van der Waals surface area contributed by atoms with Crippen molar-refractivity contribution in [3.63, 3.8) is 0 Å². The summed E-state index contributed by atoms with van der Waals surface area (Å²) in [6.45, 7) is -0.256. The highest BCUT2D eigenvalue weighted by Crippen LogP contribution is 2.49. The Morgan fingerprint density at radius 3 is 2.96 bits per heavy atom. The Balaban J connectivity index is 1.26. The molecule has 0 saturated heterocycles. The number of carbonyl (C=O) groups is 2. The summed E-state index contributed by atoms with van der Waals surface area (Å²) in [7, 11) is 0. The van der Waals surface area contributed by atoms with Crippen molar-refractivity contribution >= 4 is 40.3 Å². The Labute approximate surface area is 143 Å². The van der Waals surface area contributed by atoms with E-state index in [1.54, 1.807) is 12.1 Å². The van der Waals surface area contributed by atoms with E-state index in [2.05, 4.69) is 14.0 Å². The van der Waals surface area contributed by atoms with Crippen LogP contribution in [0.15, 0.2) is 26.9 Å². The van der Waals surface area contributed by atoms with Gasteiger partial charge in [0.2, 0.25) is 0 Å². The molecular weight excluding hydrogens is 326 g/mol. The van der Waals surface area contributed by atoms with Crippen LogP contribution >= 0.6 is 0 Å². The van der Waals surface area contributed by atoms with Gasteiger partial charge >= 0.3 is 5.97 Å². The summed E-state index contributed by atoms with van der Waals surface area (Å²) in [5.41, 5.74) is 1.99. The van der Waals surface area contributed by atoms with Gasteiger partial charge in [0.1, 0.15) is 11.4 Å². The van der Waals surface area contributed by atoms with Gasteiger partial charge in [-0.3, -0.25) is 9.59 Å². The number of anilines is 1. The number of hydrogen-bond acceptors (Lipinski definition) is 5. The van der Waals surface area contributed by atoms with Gasteiger partial charge in [0.25, 0.3) is 5.91 Å². The van der Waals surface area contributed by atoms with E-state index in [0.717, 1.165) is 29.4 Å². The number of esters is 1. The van der Waals surface area contributed by atoms with Crippen molar-refractivity contribution in [2.45, 2.75) is 32.1 Å². The van der Waals surface area contributed by atoms with Gasteiger partial charge in [-0.15, -0.1) is 0 Å². The fourth-order valence-electron chi connectivity index (χ4n) is 4.14. The lowest BCUT2D eigenvalue weighted by Crippen LogP contribution is -2.23. The minimum atomic E-state index is -0.350. The molecule has 0 spiro atoms. The fraction of sp³-hybridized carbons (Fsp3) is 0.529. The van der Waals surface area contributed by atoms with Crippen LogP contribution in [0.4, 0.5) is 17.1 Å². The van der Waals surface area contributed by atoms with E-state index in [9.17, 15) is 9.59 Å². The summed E-state index contributed by atoms with van der Waals surface area (Å²) in [5, 5.41) is 2.74. The summed E-state index contributed by atoms with van der Waals surface area (Å²) < 4.78 is 13.5. The van der Waals surface area contributed by atoms with Crippen LogP contribution < -0.4 is 5.32 Å². The van der Waals surface area contributed by atoms with Crippen molar-refractivity contribution in [1.82, 2.24) is 0 Å². The quantitative estimate of drug-likeness (QED) is 0.839. The van der Waals surface area contributed by atoms with Crippen molar-refractivity contribution in [3.8, 4) is 0 Å². The van der Waals surface area contributed by atoms with Gasteiger partial charge in [-0.05, 0) is 49.1 Å². The molecule has 3 atom stereocenters. The molecule has 2 saturated carbocycles. The topological polar surface area (TPSA) is 80.1 Å². The lowest BCUT2D eigenvalue weighted by molar-refractivity contribution is -0.148. The predicted molar refractivity (Wildman–Crippen MR) is 91.1 cm³/mol. The Morgan fingerprint density at radius 1 is 1.25 bits per heavy atom. The number of fused-ring (bicyclic) bond motifs is 3. The predicted octanol–water partition coefficient (Wildman–Crippen LogP) is 3.72. The number of hydrogen-bond donors (Lipinski definition) is 1. The number of benzene rings is 1. The Morgan fingerprint density at radius 2 is 2.17 bits per heavy atom. The third kappa shape index (κ3) is 3.13. The molecule has 1 N–H and O–H groups in total. The van der Waals surface area contributed by atoms with Crippen molar-refractivity contribution < 1.29 is 14.3 Å². The average molecular weight is 345 g/mol. The van der Waals surface area contributed by atoms with Crippen LogP contribution in [0.5, 0.6) is 0 Å². The van der Waals surface area contributed by atoms with Crippen molar-refractivity contribution in [1.29, 1.82) is 0 Å². The van der Waals surface area contributed by atoms with Gasteiger partial charge < -0.3 is 10.1 Å². The molecule has 6 nitrogen and oxygen atoms in total. The molecule has 126 valence electrons. The van der Waals surface area contributed by atoms with Crippen LogP contribution in [-0.2, 0) is 25.7 Å². The number of carbonyl (C=O) groups excluding carboxylic acids is 2. The van der Waals surface area contributed by atoms with Gasteiger partial charge in [0.15, 0.2) is 6.61 Å². The number of nitrogens with zero attached hydrogens (tertiary/aromatic N) is 2. The second-order valence-corrected chi connectivity index (χ2v) is 7.31. The van der Waals surface area contributed by atoms with Gasteiger partial charge in [-0.2, -0.15) is 8.73 Å². The molecule has 2 fully saturated rings. The number of nitrogens with one attached hydrogen (secondary N) is 1. The molecular formula is C17H19N3O3S. The fourth-order valence-corrected chi connectivity index (χ4v) is 4.69. The standard InChI is InChI=1S/C17H19N3O3S/c21-15(18-13-2-1-3-14-17(13)20-24-19-14)9-23-16(22)8-12-7-10-4-5-11(12)6-10/h1-3,10-12H,4-9H2,(H,18,21)/t10-,11-,12+/m1/s1. The van der Waals surface area contributed by atoms with Crippen molar-refractivity contribution in [3.05, 3.63) is 18.2 Å². The van der Waals surface area contributed by atoms with E-state index in [4.69, 9.17) is 4.74 Å². The van der Waals surface area contributed by atoms with Crippen LogP contribution in [0.1, 0.15) is 32.1 Å². The molecule has 2 aliphatic carbocycles. The molecule has 4 rings (SSSR count). The van der Waals surface area contributed by atoms with E-state index < -0.39 is 0 Å². The van der Waals surface area contributed by atoms with E-state index in [1.807, 2.05) is 6.07 Å². The Bertz CT molecular complexity index is 757. The first-order chi connectivity index (χ1) is 11.7. The third-order valence-electron chi connectivity index (χ3n) is 5.24. The zero-order chi connectivity index (χ0) is 16.5. The van der Waals surface area contributed by atoms with Crippen LogP contribution in [0.3, 0.4) is 0 Å². The summed E-state index contributed by atoms with van der Waals surface area (Å²) in [4.78, 5) is 24.0. The highest BCUT2D eigenvalue weighted by Gasteiger charge is 2.40. The number of rotatable bonds is 5. The van der Waals surface area contributed by atoms with Crippen molar-refractivity contribution in [2.75, 3.05) is 11.9 Å². The monoisotopic (exact) mass is 345 g/mol. The zero-order valence-electron chi connectivity index (χ0n) is 13.2. The molecule has 24 heavy (non-hydrogen) atoms. The van der Waals surface area contributed by atoms with Gasteiger partial charge in [0, 0.05) is 6.42 Å². The third-order valence-corrected chi connectivity index (χ3v) is 5.78. The first kappa shape index (κ1) is 15.5. The van der Waals surface area contributed by atoms with E-state index in [-0.39, 0.29) is 18.5 Å². The maximum absolute atomic E-state index is 12.0. The largest absolute Gasteiger partial charge is 0.456 e. The first-order valence-electron chi connectivity index (χ1n) is 8.36. The SMILES string of the molecule is O=C(COC(=O)C[C@@H]1C[C@@H]2CC[C@@H]1C2)Nc1cccc2c1N=S=N2. The molecule has 1 aliphatic heterocycles. The normalized spacial score (nSPS) is 26.1. The van der Waals surface area contributed by atoms with Crippen LogP contribution in [-0.4, -0.2) is 18.5 Å². The summed E-state index contributed by atoms with van der Waals surface area (Å²) in [6, 6.07) is 5.41. The minimum Gasteiger partial charge on any atom is -0.456 e. The highest BCUT2D eigenvalue weighted by molar-refractivity contribution is 7.58. The van der Waals surface area contributed by atoms with E-state index in [0.29, 0.717) is 29.6 Å². The summed E-state index contributed by atoms with van der Waals surface area (Å²) in [6.07, 6.45) is 5.42. The maximum Gasteiger partial charge on any atom is 0.306 e. The molecule has 1 amide bonds. The summed E-state index contributed by atoms with van der Waals surface area (Å²) >= 11 is 1.10. The molecule has 3 aliphatic rings. The zero-order valence-corrected chi connectivity index (χ0v) is 14.1. The van der Waals surface area contributed by atoms with Gasteiger partial charge in [-0.25, -0.2) is 0 Å². The maximum atomic E-state index is 12.0.